The second-order valence-electron chi connectivity index (χ2n) is 13.3. The molecule has 6 nitrogen and oxygen atoms in total. The van der Waals surface area contributed by atoms with Crippen LogP contribution in [0.15, 0.2) is 176 Å². The largest absolute Gasteiger partial charge is 0.284 e. The summed E-state index contributed by atoms with van der Waals surface area (Å²) >= 11 is 0. The topological polar surface area (TPSA) is 68.9 Å². The molecule has 250 valence electrons. The maximum Gasteiger partial charge on any atom is 0.165 e. The first-order chi connectivity index (χ1) is 26.2. The Hall–Kier alpha value is -7.05. The van der Waals surface area contributed by atoms with Crippen molar-refractivity contribution in [1.82, 2.24) is 29.3 Å². The molecule has 53 heavy (non-hydrogen) atoms. The molecule has 5 heterocycles. The fraction of sp³-hybridized carbons (Fsp3) is 0.0426. The molecule has 10 rings (SSSR count). The van der Waals surface area contributed by atoms with Gasteiger partial charge in [-0.05, 0) is 59.0 Å². The Morgan fingerprint density at radius 3 is 2.09 bits per heavy atom. The van der Waals surface area contributed by atoms with Crippen molar-refractivity contribution in [3.63, 3.8) is 0 Å². The molecule has 0 radical (unpaired) electrons. The molecule has 4 aromatic carbocycles. The Morgan fingerprint density at radius 1 is 0.547 bits per heavy atom. The minimum Gasteiger partial charge on any atom is -0.284 e. The third-order valence-corrected chi connectivity index (χ3v) is 10.0. The minimum atomic E-state index is 0.192. The number of nitrogens with zero attached hydrogens (tertiary/aromatic N) is 6. The maximum absolute atomic E-state index is 5.20. The summed E-state index contributed by atoms with van der Waals surface area (Å²) in [5.41, 5.74) is 12.8. The van der Waals surface area contributed by atoms with Crippen molar-refractivity contribution in [3.05, 3.63) is 187 Å². The number of hydrogen-bond donors (Lipinski definition) is 0. The van der Waals surface area contributed by atoms with Gasteiger partial charge in [-0.3, -0.25) is 9.38 Å². The lowest BCUT2D eigenvalue weighted by molar-refractivity contribution is 0.856. The predicted octanol–water partition coefficient (Wildman–Crippen LogP) is 11.0. The van der Waals surface area contributed by atoms with Crippen molar-refractivity contribution >= 4 is 33.2 Å². The van der Waals surface area contributed by atoms with E-state index in [9.17, 15) is 0 Å². The van der Waals surface area contributed by atoms with Crippen molar-refractivity contribution in [3.8, 4) is 45.2 Å². The van der Waals surface area contributed by atoms with Gasteiger partial charge in [0, 0.05) is 40.2 Å². The van der Waals surface area contributed by atoms with E-state index < -0.39 is 0 Å². The van der Waals surface area contributed by atoms with Crippen LogP contribution < -0.4 is 0 Å². The lowest BCUT2D eigenvalue weighted by Gasteiger charge is -2.18. The van der Waals surface area contributed by atoms with E-state index >= 15 is 0 Å². The SMILES string of the molecule is C1=CC(c2cc(-c3ccccn3)nc(-c3ccc(-c4ccccc4)cc3)n2)=CC(c2ccc(-c3nc4c(nc5ccccn54)c4ccccc34)cc2)C1. The van der Waals surface area contributed by atoms with Gasteiger partial charge in [-0.15, -0.1) is 0 Å². The summed E-state index contributed by atoms with van der Waals surface area (Å²) < 4.78 is 2.07. The van der Waals surface area contributed by atoms with Gasteiger partial charge in [0.1, 0.15) is 11.2 Å². The van der Waals surface area contributed by atoms with Gasteiger partial charge in [-0.2, -0.15) is 0 Å². The molecular formula is C47H32N6. The highest BCUT2D eigenvalue weighted by molar-refractivity contribution is 6.09. The highest BCUT2D eigenvalue weighted by atomic mass is 15.1. The first-order valence-corrected chi connectivity index (χ1v) is 17.9. The van der Waals surface area contributed by atoms with Gasteiger partial charge in [-0.1, -0.05) is 133 Å². The molecule has 0 N–H and O–H groups in total. The van der Waals surface area contributed by atoms with Gasteiger partial charge in [0.05, 0.1) is 22.8 Å². The van der Waals surface area contributed by atoms with Crippen LogP contribution in [0, 0.1) is 0 Å². The first kappa shape index (κ1) is 30.7. The van der Waals surface area contributed by atoms with Gasteiger partial charge in [0.2, 0.25) is 0 Å². The van der Waals surface area contributed by atoms with Gasteiger partial charge in [-0.25, -0.2) is 19.9 Å². The summed E-state index contributed by atoms with van der Waals surface area (Å²) in [6.07, 6.45) is 11.5. The van der Waals surface area contributed by atoms with E-state index in [4.69, 9.17) is 19.9 Å². The van der Waals surface area contributed by atoms with E-state index in [1.807, 2.05) is 48.7 Å². The third-order valence-electron chi connectivity index (χ3n) is 10.0. The normalized spacial score (nSPS) is 14.2. The molecule has 0 saturated heterocycles. The fourth-order valence-electron chi connectivity index (χ4n) is 7.34. The number of allylic oxidation sites excluding steroid dienone is 4. The van der Waals surface area contributed by atoms with E-state index in [2.05, 4.69) is 131 Å². The Labute approximate surface area is 306 Å². The number of pyridine rings is 3. The summed E-state index contributed by atoms with van der Waals surface area (Å²) in [6.45, 7) is 0. The zero-order chi connectivity index (χ0) is 35.1. The monoisotopic (exact) mass is 680 g/mol. The van der Waals surface area contributed by atoms with E-state index in [1.165, 1.54) is 11.1 Å². The third kappa shape index (κ3) is 5.67. The van der Waals surface area contributed by atoms with Crippen LogP contribution in [0.5, 0.6) is 0 Å². The van der Waals surface area contributed by atoms with Crippen molar-refractivity contribution in [2.75, 3.05) is 0 Å². The maximum atomic E-state index is 5.20. The molecule has 9 aromatic rings. The summed E-state index contributed by atoms with van der Waals surface area (Å²) in [7, 11) is 0. The molecule has 0 amide bonds. The predicted molar refractivity (Wildman–Crippen MR) is 214 cm³/mol. The second kappa shape index (κ2) is 12.9. The van der Waals surface area contributed by atoms with Crippen LogP contribution in [0.3, 0.4) is 0 Å². The molecule has 0 spiro atoms. The lowest BCUT2D eigenvalue weighted by Crippen LogP contribution is -2.03. The smallest absolute Gasteiger partial charge is 0.165 e. The van der Waals surface area contributed by atoms with Gasteiger partial charge in [0.15, 0.2) is 11.5 Å². The highest BCUT2D eigenvalue weighted by Gasteiger charge is 2.19. The van der Waals surface area contributed by atoms with Crippen LogP contribution >= 0.6 is 0 Å². The van der Waals surface area contributed by atoms with E-state index in [0.717, 1.165) is 79.0 Å². The zero-order valence-corrected chi connectivity index (χ0v) is 28.7. The summed E-state index contributed by atoms with van der Waals surface area (Å²) in [5.74, 6) is 0.864. The van der Waals surface area contributed by atoms with Crippen LogP contribution in [0.1, 0.15) is 23.6 Å². The molecule has 1 atom stereocenters. The van der Waals surface area contributed by atoms with Crippen molar-refractivity contribution in [1.29, 1.82) is 0 Å². The zero-order valence-electron chi connectivity index (χ0n) is 28.7. The standard InChI is InChI=1S/C47H32N6/c1-2-11-31(12-3-1)32-21-25-35(26-22-32)46-49-41(30-42(50-46)40-17-6-8-27-48-40)37-14-10-13-36(29-37)33-19-23-34(24-20-33)44-38-15-4-5-16-39(38)45-47(52-44)53-28-9-7-18-43(53)51-45/h1-12,14-30,36H,13H2. The Bertz CT molecular complexity index is 2840. The average molecular weight is 681 g/mol. The molecule has 1 aliphatic carbocycles. The van der Waals surface area contributed by atoms with Crippen molar-refractivity contribution < 1.29 is 0 Å². The Morgan fingerprint density at radius 2 is 1.26 bits per heavy atom. The molecule has 0 bridgehead atoms. The van der Waals surface area contributed by atoms with Crippen molar-refractivity contribution in [2.45, 2.75) is 12.3 Å². The minimum absolute atomic E-state index is 0.192. The molecule has 6 heteroatoms. The van der Waals surface area contributed by atoms with Crippen LogP contribution in [0.25, 0.3) is 78.3 Å². The van der Waals surface area contributed by atoms with Gasteiger partial charge >= 0.3 is 0 Å². The number of hydrogen-bond acceptors (Lipinski definition) is 5. The number of benzene rings is 4. The fourth-order valence-corrected chi connectivity index (χ4v) is 7.34. The molecular weight excluding hydrogens is 649 g/mol. The molecule has 0 fully saturated rings. The highest BCUT2D eigenvalue weighted by Crippen LogP contribution is 2.36. The second-order valence-corrected chi connectivity index (χ2v) is 13.3. The van der Waals surface area contributed by atoms with Crippen LogP contribution in [0.2, 0.25) is 0 Å². The number of rotatable bonds is 6. The van der Waals surface area contributed by atoms with E-state index in [-0.39, 0.29) is 5.92 Å². The van der Waals surface area contributed by atoms with Crippen LogP contribution in [-0.2, 0) is 0 Å². The van der Waals surface area contributed by atoms with Gasteiger partial charge < -0.3 is 0 Å². The summed E-state index contributed by atoms with van der Waals surface area (Å²) in [6, 6.07) is 50.2. The first-order valence-electron chi connectivity index (χ1n) is 17.9. The number of aromatic nitrogens is 6. The molecule has 0 aliphatic heterocycles. The van der Waals surface area contributed by atoms with Gasteiger partial charge in [0.25, 0.3) is 0 Å². The van der Waals surface area contributed by atoms with E-state index in [0.29, 0.717) is 5.82 Å². The van der Waals surface area contributed by atoms with Crippen molar-refractivity contribution in [2.24, 2.45) is 0 Å². The molecule has 5 aromatic heterocycles. The number of fused-ring (bicyclic) bond motifs is 5. The Balaban J connectivity index is 1.01. The molecule has 1 unspecified atom stereocenters. The summed E-state index contributed by atoms with van der Waals surface area (Å²) in [4.78, 5) is 24.9. The quantitative estimate of drug-likeness (QED) is 0.175. The average Bonchev–Trinajstić information content (AvgIpc) is 3.63. The summed E-state index contributed by atoms with van der Waals surface area (Å²) in [5, 5.41) is 2.20. The lowest BCUT2D eigenvalue weighted by atomic mass is 9.88. The van der Waals surface area contributed by atoms with Crippen LogP contribution in [0.4, 0.5) is 0 Å². The number of imidazole rings is 1. The molecule has 0 saturated carbocycles. The Kier molecular flexibility index (Phi) is 7.50. The van der Waals surface area contributed by atoms with E-state index in [1.54, 1.807) is 6.20 Å². The molecule has 1 aliphatic rings. The van der Waals surface area contributed by atoms with Crippen LogP contribution in [-0.4, -0.2) is 29.3 Å².